The number of aryl methyl sites for hydroxylation is 2. The van der Waals surface area contributed by atoms with Gasteiger partial charge in [0.15, 0.2) is 0 Å². The number of anilines is 1. The van der Waals surface area contributed by atoms with Gasteiger partial charge >= 0.3 is 0 Å². The fourth-order valence-corrected chi connectivity index (χ4v) is 5.36. The normalized spacial score (nSPS) is 17.6. The Bertz CT molecular complexity index is 1360. The fourth-order valence-electron chi connectivity index (χ4n) is 4.15. The molecule has 0 aliphatic carbocycles. The third kappa shape index (κ3) is 5.44. The van der Waals surface area contributed by atoms with Crippen LogP contribution in [0.1, 0.15) is 21.5 Å². The maximum Gasteiger partial charge on any atom is 0.265 e. The Morgan fingerprint density at radius 1 is 1.03 bits per heavy atom. The highest BCUT2D eigenvalue weighted by molar-refractivity contribution is 7.92. The van der Waals surface area contributed by atoms with Gasteiger partial charge in [0.25, 0.3) is 15.9 Å². The largest absolute Gasteiger partial charge is 0.495 e. The zero-order valence-corrected chi connectivity index (χ0v) is 21.4. The van der Waals surface area contributed by atoms with Crippen molar-refractivity contribution in [2.75, 3.05) is 32.0 Å². The second-order valence-corrected chi connectivity index (χ2v) is 10.3. The number of rotatable bonds is 8. The number of ether oxygens (including phenoxy) is 3. The maximum atomic E-state index is 13.2. The number of benzene rings is 2. The molecule has 190 valence electrons. The number of nitrogens with zero attached hydrogens (tertiary/aromatic N) is 2. The van der Waals surface area contributed by atoms with E-state index in [-0.39, 0.29) is 28.3 Å². The Kier molecular flexibility index (Phi) is 7.46. The summed E-state index contributed by atoms with van der Waals surface area (Å²) in [6.07, 6.45) is 2.07. The maximum absolute atomic E-state index is 13.2. The number of hydrogen-bond donors (Lipinski definition) is 1. The molecule has 10 heteroatoms. The van der Waals surface area contributed by atoms with Crippen molar-refractivity contribution in [1.82, 2.24) is 9.88 Å². The van der Waals surface area contributed by atoms with Crippen LogP contribution in [0.4, 0.5) is 5.69 Å². The molecule has 1 aromatic heterocycles. The lowest BCUT2D eigenvalue weighted by Crippen LogP contribution is -2.32. The molecule has 1 aliphatic rings. The summed E-state index contributed by atoms with van der Waals surface area (Å²) in [4.78, 5) is 19.0. The predicted molar refractivity (Wildman–Crippen MR) is 135 cm³/mol. The van der Waals surface area contributed by atoms with Crippen molar-refractivity contribution in [3.05, 3.63) is 77.6 Å². The molecule has 36 heavy (non-hydrogen) atoms. The third-order valence-corrected chi connectivity index (χ3v) is 7.46. The van der Waals surface area contributed by atoms with Crippen LogP contribution in [0.2, 0.25) is 0 Å². The standard InChI is InChI=1S/C26H29N3O6S/c1-17-9-10-18(2)21(11-17)26(30)29-15-23(34-4)24(16-29)35-20-12-19(13-27-14-20)28-36(31,32)25-8-6-5-7-22(25)33-3/h5-14,23-24,28H,15-16H2,1-4H3. The van der Waals surface area contributed by atoms with Gasteiger partial charge in [-0.2, -0.15) is 0 Å². The number of aromatic nitrogens is 1. The minimum atomic E-state index is -3.92. The number of nitrogens with one attached hydrogen (secondary N) is 1. The summed E-state index contributed by atoms with van der Waals surface area (Å²) in [5.74, 6) is 0.497. The number of amides is 1. The highest BCUT2D eigenvalue weighted by Crippen LogP contribution is 2.28. The highest BCUT2D eigenvalue weighted by atomic mass is 32.2. The zero-order chi connectivity index (χ0) is 25.9. The molecule has 3 aromatic rings. The fraction of sp³-hybridized carbons (Fsp3) is 0.308. The van der Waals surface area contributed by atoms with Gasteiger partial charge in [0, 0.05) is 18.7 Å². The van der Waals surface area contributed by atoms with Crippen molar-refractivity contribution >= 4 is 21.6 Å². The first-order chi connectivity index (χ1) is 17.2. The van der Waals surface area contributed by atoms with E-state index in [9.17, 15) is 13.2 Å². The van der Waals surface area contributed by atoms with Crippen LogP contribution < -0.4 is 14.2 Å². The Morgan fingerprint density at radius 2 is 1.78 bits per heavy atom. The summed E-state index contributed by atoms with van der Waals surface area (Å²) >= 11 is 0. The number of sulfonamides is 1. The molecular weight excluding hydrogens is 482 g/mol. The molecule has 1 saturated heterocycles. The Labute approximate surface area is 211 Å². The molecule has 1 aliphatic heterocycles. The van der Waals surface area contributed by atoms with Crippen molar-refractivity contribution in [2.24, 2.45) is 0 Å². The average molecular weight is 512 g/mol. The SMILES string of the molecule is COc1ccccc1S(=O)(=O)Nc1cncc(OC2CN(C(=O)c3cc(C)ccc3C)CC2OC)c1. The molecule has 2 aromatic carbocycles. The van der Waals surface area contributed by atoms with Crippen LogP contribution in [0, 0.1) is 13.8 Å². The van der Waals surface area contributed by atoms with E-state index in [0.717, 1.165) is 11.1 Å². The van der Waals surface area contributed by atoms with Crippen molar-refractivity contribution in [3.8, 4) is 11.5 Å². The second-order valence-electron chi connectivity index (χ2n) is 8.62. The number of methoxy groups -OCH3 is 2. The van der Waals surface area contributed by atoms with Crippen molar-refractivity contribution in [2.45, 2.75) is 31.0 Å². The summed E-state index contributed by atoms with van der Waals surface area (Å²) in [7, 11) is -0.940. The molecule has 0 radical (unpaired) electrons. The first-order valence-electron chi connectivity index (χ1n) is 11.4. The van der Waals surface area contributed by atoms with Gasteiger partial charge in [0.05, 0.1) is 38.3 Å². The number of pyridine rings is 1. The van der Waals surface area contributed by atoms with Crippen LogP contribution in [0.5, 0.6) is 11.5 Å². The predicted octanol–water partition coefficient (Wildman–Crippen LogP) is 3.43. The Balaban J connectivity index is 1.49. The van der Waals surface area contributed by atoms with Crippen LogP contribution in [0.3, 0.4) is 0 Å². The summed E-state index contributed by atoms with van der Waals surface area (Å²) < 4.78 is 45.2. The minimum Gasteiger partial charge on any atom is -0.495 e. The van der Waals surface area contributed by atoms with Gasteiger partial charge in [0.1, 0.15) is 28.6 Å². The number of hydrogen-bond acceptors (Lipinski definition) is 7. The monoisotopic (exact) mass is 511 g/mol. The van der Waals surface area contributed by atoms with Gasteiger partial charge in [-0.1, -0.05) is 29.8 Å². The van der Waals surface area contributed by atoms with E-state index in [4.69, 9.17) is 14.2 Å². The topological polar surface area (TPSA) is 107 Å². The molecular formula is C26H29N3O6S. The van der Waals surface area contributed by atoms with E-state index in [2.05, 4.69) is 9.71 Å². The quantitative estimate of drug-likeness (QED) is 0.494. The van der Waals surface area contributed by atoms with Gasteiger partial charge in [-0.3, -0.25) is 14.5 Å². The van der Waals surface area contributed by atoms with Crippen LogP contribution in [-0.2, 0) is 14.8 Å². The molecule has 0 spiro atoms. The summed E-state index contributed by atoms with van der Waals surface area (Å²) in [6.45, 7) is 4.56. The number of carbonyl (C=O) groups excluding carboxylic acids is 1. The van der Waals surface area contributed by atoms with Crippen molar-refractivity contribution in [3.63, 3.8) is 0 Å². The molecule has 4 rings (SSSR count). The molecule has 0 bridgehead atoms. The molecule has 1 N–H and O–H groups in total. The molecule has 0 saturated carbocycles. The van der Waals surface area contributed by atoms with E-state index in [1.54, 1.807) is 36.3 Å². The van der Waals surface area contributed by atoms with Crippen molar-refractivity contribution < 1.29 is 27.4 Å². The summed E-state index contributed by atoms with van der Waals surface area (Å²) in [6, 6.07) is 13.7. The van der Waals surface area contributed by atoms with E-state index < -0.39 is 16.1 Å². The highest BCUT2D eigenvalue weighted by Gasteiger charge is 2.38. The number of para-hydroxylation sites is 1. The average Bonchev–Trinajstić information content (AvgIpc) is 3.27. The Morgan fingerprint density at radius 3 is 2.53 bits per heavy atom. The molecule has 2 unspecified atom stereocenters. The van der Waals surface area contributed by atoms with E-state index in [0.29, 0.717) is 24.4 Å². The van der Waals surface area contributed by atoms with E-state index in [1.807, 2.05) is 32.0 Å². The molecule has 2 heterocycles. The van der Waals surface area contributed by atoms with Crippen LogP contribution in [0.25, 0.3) is 0 Å². The minimum absolute atomic E-state index is 0.00894. The smallest absolute Gasteiger partial charge is 0.265 e. The lowest BCUT2D eigenvalue weighted by molar-refractivity contribution is 0.0338. The molecule has 1 amide bonds. The first-order valence-corrected chi connectivity index (χ1v) is 12.9. The zero-order valence-electron chi connectivity index (χ0n) is 20.6. The molecule has 9 nitrogen and oxygen atoms in total. The molecule has 2 atom stereocenters. The van der Waals surface area contributed by atoms with Crippen LogP contribution in [0.15, 0.2) is 65.8 Å². The molecule has 1 fully saturated rings. The van der Waals surface area contributed by atoms with Gasteiger partial charge in [-0.25, -0.2) is 8.42 Å². The van der Waals surface area contributed by atoms with Gasteiger partial charge in [0.2, 0.25) is 0 Å². The number of likely N-dealkylation sites (tertiary alicyclic amines) is 1. The Hall–Kier alpha value is -3.63. The van der Waals surface area contributed by atoms with Gasteiger partial charge in [-0.05, 0) is 37.6 Å². The van der Waals surface area contributed by atoms with Crippen LogP contribution in [-0.4, -0.2) is 63.7 Å². The second kappa shape index (κ2) is 10.5. The lowest BCUT2D eigenvalue weighted by atomic mass is 10.0. The van der Waals surface area contributed by atoms with E-state index >= 15 is 0 Å². The third-order valence-electron chi connectivity index (χ3n) is 6.04. The number of carbonyl (C=O) groups is 1. The van der Waals surface area contributed by atoms with Crippen molar-refractivity contribution in [1.29, 1.82) is 0 Å². The van der Waals surface area contributed by atoms with Crippen LogP contribution >= 0.6 is 0 Å². The van der Waals surface area contributed by atoms with E-state index in [1.165, 1.54) is 25.6 Å². The van der Waals surface area contributed by atoms with Gasteiger partial charge < -0.3 is 19.1 Å². The first kappa shape index (κ1) is 25.5. The summed E-state index contributed by atoms with van der Waals surface area (Å²) in [5.41, 5.74) is 2.80. The lowest BCUT2D eigenvalue weighted by Gasteiger charge is -2.19. The van der Waals surface area contributed by atoms with Gasteiger partial charge in [-0.15, -0.1) is 0 Å². The summed E-state index contributed by atoms with van der Waals surface area (Å²) in [5, 5.41) is 0.